The maximum Gasteiger partial charge on any atom is 0.311 e. The van der Waals surface area contributed by atoms with E-state index in [0.29, 0.717) is 5.56 Å². The van der Waals surface area contributed by atoms with Crippen LogP contribution in [-0.4, -0.2) is 29.9 Å². The number of nitro groups is 1. The van der Waals surface area contributed by atoms with Crippen molar-refractivity contribution in [1.29, 1.82) is 0 Å². The average Bonchev–Trinajstić information content (AvgIpc) is 2.60. The number of benzene rings is 2. The number of ether oxygens (including phenoxy) is 1. The number of hydrogen-bond acceptors (Lipinski definition) is 6. The molecule has 0 fully saturated rings. The van der Waals surface area contributed by atoms with Gasteiger partial charge in [0.2, 0.25) is 5.91 Å². The van der Waals surface area contributed by atoms with E-state index in [-0.39, 0.29) is 23.1 Å². The maximum absolute atomic E-state index is 11.9. The number of aryl methyl sites for hydroxylation is 2. The van der Waals surface area contributed by atoms with Crippen LogP contribution < -0.4 is 10.2 Å². The minimum absolute atomic E-state index is 0.156. The van der Waals surface area contributed by atoms with Gasteiger partial charge in [-0.15, -0.1) is 11.8 Å². The number of hydrogen-bond donors (Lipinski definition) is 1. The number of methoxy groups -OCH3 is 1. The highest BCUT2D eigenvalue weighted by Crippen LogP contribution is 2.26. The zero-order valence-corrected chi connectivity index (χ0v) is 16.2. The molecule has 2 aromatic carbocycles. The molecule has 27 heavy (non-hydrogen) atoms. The summed E-state index contributed by atoms with van der Waals surface area (Å²) in [6.45, 7) is 4.10. The molecule has 0 spiro atoms. The molecule has 0 atom stereocenters. The van der Waals surface area contributed by atoms with Crippen LogP contribution in [0.25, 0.3) is 0 Å². The van der Waals surface area contributed by atoms with Crippen molar-refractivity contribution in [1.82, 2.24) is 5.43 Å². The quantitative estimate of drug-likeness (QED) is 0.424. The first-order valence-corrected chi connectivity index (χ1v) is 9.33. The Balaban J connectivity index is 1.84. The summed E-state index contributed by atoms with van der Waals surface area (Å²) in [6, 6.07) is 10.8. The molecule has 7 nitrogen and oxygen atoms in total. The molecule has 0 aliphatic heterocycles. The van der Waals surface area contributed by atoms with E-state index in [0.717, 1.165) is 5.75 Å². The van der Waals surface area contributed by atoms with Crippen molar-refractivity contribution in [3.8, 4) is 5.75 Å². The van der Waals surface area contributed by atoms with Crippen LogP contribution in [0.2, 0.25) is 0 Å². The number of nitrogens with one attached hydrogen (secondary N) is 1. The Hall–Kier alpha value is -2.87. The van der Waals surface area contributed by atoms with Gasteiger partial charge in [0.1, 0.15) is 0 Å². The number of carbonyl (C=O) groups excluding carboxylic acids is 1. The Morgan fingerprint density at radius 3 is 2.59 bits per heavy atom. The molecule has 2 aromatic rings. The summed E-state index contributed by atoms with van der Waals surface area (Å²) in [5.74, 6) is 0.949. The number of carbonyl (C=O) groups is 1. The summed E-state index contributed by atoms with van der Waals surface area (Å²) in [5.41, 5.74) is 6.35. The van der Waals surface area contributed by atoms with Crippen LogP contribution in [0.4, 0.5) is 5.69 Å². The molecule has 0 heterocycles. The first kappa shape index (κ1) is 20.4. The zero-order chi connectivity index (χ0) is 19.8. The molecule has 0 aliphatic rings. The summed E-state index contributed by atoms with van der Waals surface area (Å²) < 4.78 is 4.94. The van der Waals surface area contributed by atoms with E-state index in [1.807, 2.05) is 13.8 Å². The lowest BCUT2D eigenvalue weighted by atomic mass is 10.1. The van der Waals surface area contributed by atoms with Gasteiger partial charge in [-0.05, 0) is 31.5 Å². The van der Waals surface area contributed by atoms with Crippen LogP contribution in [0.1, 0.15) is 22.3 Å². The predicted octanol–water partition coefficient (Wildman–Crippen LogP) is 3.60. The Kier molecular flexibility index (Phi) is 7.36. The molecule has 8 heteroatoms. The molecule has 1 N–H and O–H groups in total. The van der Waals surface area contributed by atoms with Gasteiger partial charge in [0.15, 0.2) is 5.75 Å². The smallest absolute Gasteiger partial charge is 0.311 e. The lowest BCUT2D eigenvalue weighted by Gasteiger charge is -2.05. The van der Waals surface area contributed by atoms with Gasteiger partial charge in [0.05, 0.1) is 24.0 Å². The second-order valence-corrected chi connectivity index (χ2v) is 6.96. The third-order valence-electron chi connectivity index (χ3n) is 3.59. The third-order valence-corrected chi connectivity index (χ3v) is 4.59. The number of thioether (sulfide) groups is 1. The van der Waals surface area contributed by atoms with Crippen molar-refractivity contribution in [2.75, 3.05) is 12.9 Å². The van der Waals surface area contributed by atoms with Crippen LogP contribution in [-0.2, 0) is 10.5 Å². The van der Waals surface area contributed by atoms with Crippen molar-refractivity contribution in [3.63, 3.8) is 0 Å². The minimum atomic E-state index is -0.529. The van der Waals surface area contributed by atoms with Crippen molar-refractivity contribution in [2.24, 2.45) is 5.10 Å². The fraction of sp³-hybridized carbons (Fsp3) is 0.263. The number of amides is 1. The first-order chi connectivity index (χ1) is 12.9. The van der Waals surface area contributed by atoms with Crippen LogP contribution in [0.3, 0.4) is 0 Å². The molecule has 0 unspecified atom stereocenters. The summed E-state index contributed by atoms with van der Waals surface area (Å²) in [5, 5.41) is 14.9. The van der Waals surface area contributed by atoms with E-state index in [4.69, 9.17) is 4.74 Å². The van der Waals surface area contributed by atoms with E-state index < -0.39 is 4.92 Å². The molecule has 0 bridgehead atoms. The molecular formula is C19H21N3O4S. The highest BCUT2D eigenvalue weighted by atomic mass is 32.2. The van der Waals surface area contributed by atoms with Crippen molar-refractivity contribution in [3.05, 3.63) is 68.8 Å². The molecule has 1 amide bonds. The number of nitro benzene ring substituents is 1. The first-order valence-electron chi connectivity index (χ1n) is 8.18. The van der Waals surface area contributed by atoms with Crippen molar-refractivity contribution < 1.29 is 14.5 Å². The predicted molar refractivity (Wildman–Crippen MR) is 107 cm³/mol. The largest absolute Gasteiger partial charge is 0.490 e. The topological polar surface area (TPSA) is 93.8 Å². The fourth-order valence-electron chi connectivity index (χ4n) is 2.55. The average molecular weight is 387 g/mol. The van der Waals surface area contributed by atoms with E-state index in [1.165, 1.54) is 53.9 Å². The summed E-state index contributed by atoms with van der Waals surface area (Å²) in [6.07, 6.45) is 1.36. The standard InChI is InChI=1S/C19H21N3O4S/c1-13-6-14(2)8-16(7-13)11-27-12-19(23)21-20-10-15-4-5-18(26-3)17(9-15)22(24)25/h4-10H,11-12H2,1-3H3,(H,21,23)/b20-10+. The van der Waals surface area contributed by atoms with Gasteiger partial charge in [-0.3, -0.25) is 14.9 Å². The number of hydrazone groups is 1. The van der Waals surface area contributed by atoms with Gasteiger partial charge in [-0.1, -0.05) is 29.3 Å². The van der Waals surface area contributed by atoms with Gasteiger partial charge in [-0.25, -0.2) is 5.43 Å². The van der Waals surface area contributed by atoms with Gasteiger partial charge >= 0.3 is 5.69 Å². The summed E-state index contributed by atoms with van der Waals surface area (Å²) in [4.78, 5) is 22.3. The minimum Gasteiger partial charge on any atom is -0.490 e. The second-order valence-electron chi connectivity index (χ2n) is 5.97. The Bertz CT molecular complexity index is 848. The van der Waals surface area contributed by atoms with Crippen molar-refractivity contribution in [2.45, 2.75) is 19.6 Å². The van der Waals surface area contributed by atoms with Gasteiger partial charge in [-0.2, -0.15) is 5.10 Å². The second kappa shape index (κ2) is 9.72. The normalized spacial score (nSPS) is 10.8. The zero-order valence-electron chi connectivity index (χ0n) is 15.4. The number of nitrogens with zero attached hydrogens (tertiary/aromatic N) is 2. The van der Waals surface area contributed by atoms with E-state index in [1.54, 1.807) is 6.07 Å². The molecule has 0 saturated carbocycles. The maximum atomic E-state index is 11.9. The summed E-state index contributed by atoms with van der Waals surface area (Å²) in [7, 11) is 1.37. The lowest BCUT2D eigenvalue weighted by Crippen LogP contribution is -2.19. The molecule has 2 rings (SSSR count). The van der Waals surface area contributed by atoms with E-state index in [2.05, 4.69) is 28.7 Å². The molecule has 0 radical (unpaired) electrons. The highest BCUT2D eigenvalue weighted by Gasteiger charge is 2.14. The van der Waals surface area contributed by atoms with E-state index >= 15 is 0 Å². The Morgan fingerprint density at radius 2 is 1.96 bits per heavy atom. The molecule has 0 aromatic heterocycles. The number of rotatable bonds is 8. The molecule has 142 valence electrons. The fourth-order valence-corrected chi connectivity index (χ4v) is 3.31. The Morgan fingerprint density at radius 1 is 1.26 bits per heavy atom. The van der Waals surface area contributed by atoms with Gasteiger partial charge in [0, 0.05) is 17.4 Å². The van der Waals surface area contributed by atoms with Crippen LogP contribution >= 0.6 is 11.8 Å². The van der Waals surface area contributed by atoms with Crippen LogP contribution in [0.5, 0.6) is 5.75 Å². The van der Waals surface area contributed by atoms with Gasteiger partial charge < -0.3 is 4.74 Å². The van der Waals surface area contributed by atoms with Gasteiger partial charge in [0.25, 0.3) is 0 Å². The van der Waals surface area contributed by atoms with Crippen molar-refractivity contribution >= 4 is 29.6 Å². The SMILES string of the molecule is COc1ccc(/C=N/NC(=O)CSCc2cc(C)cc(C)c2)cc1[N+](=O)[O-]. The Labute approximate surface area is 162 Å². The summed E-state index contributed by atoms with van der Waals surface area (Å²) >= 11 is 1.50. The molecule has 0 saturated heterocycles. The van der Waals surface area contributed by atoms with Crippen LogP contribution in [0.15, 0.2) is 41.5 Å². The van der Waals surface area contributed by atoms with Crippen LogP contribution in [0, 0.1) is 24.0 Å². The highest BCUT2D eigenvalue weighted by molar-refractivity contribution is 7.99. The molecular weight excluding hydrogens is 366 g/mol. The third kappa shape index (κ3) is 6.41. The monoisotopic (exact) mass is 387 g/mol. The lowest BCUT2D eigenvalue weighted by molar-refractivity contribution is -0.385. The molecule has 0 aliphatic carbocycles. The van der Waals surface area contributed by atoms with E-state index in [9.17, 15) is 14.9 Å².